The lowest BCUT2D eigenvalue weighted by Crippen LogP contribution is -2.36. The maximum absolute atomic E-state index is 6.12. The lowest BCUT2D eigenvalue weighted by atomic mass is 10.1. The van der Waals surface area contributed by atoms with Gasteiger partial charge in [-0.05, 0) is 30.7 Å². The first-order valence-corrected chi connectivity index (χ1v) is 9.79. The number of hydrogen-bond donors (Lipinski definition) is 1. The number of nitrogens with two attached hydrogens (primary N) is 1. The first-order chi connectivity index (χ1) is 12.7. The van der Waals surface area contributed by atoms with Gasteiger partial charge in [0.15, 0.2) is 5.17 Å². The van der Waals surface area contributed by atoms with Gasteiger partial charge in [-0.3, -0.25) is 0 Å². The number of hydrogen-bond acceptors (Lipinski definition) is 5. The second kappa shape index (κ2) is 7.56. The monoisotopic (exact) mass is 365 g/mol. The quantitative estimate of drug-likeness (QED) is 0.894. The highest BCUT2D eigenvalue weighted by molar-refractivity contribution is 8.14. The number of anilines is 1. The second-order valence-corrected chi connectivity index (χ2v) is 7.76. The van der Waals surface area contributed by atoms with E-state index in [0.717, 1.165) is 37.6 Å². The van der Waals surface area contributed by atoms with Gasteiger partial charge < -0.3 is 15.4 Å². The van der Waals surface area contributed by atoms with Crippen molar-refractivity contribution in [3.8, 4) is 0 Å². The standard InChI is InChI=1S/C21H23N3OS/c1-15-2-4-17(5-3-15)20-14-19(23-21(22)26-20)16-6-8-18(9-7-16)24-10-12-25-13-11-24/h2-9,14,20H,10-13H2,1H3,(H2,22,23). The smallest absolute Gasteiger partial charge is 0.160 e. The summed E-state index contributed by atoms with van der Waals surface area (Å²) >= 11 is 1.60. The van der Waals surface area contributed by atoms with Gasteiger partial charge in [-0.2, -0.15) is 0 Å². The number of aryl methyl sites for hydroxylation is 1. The van der Waals surface area contributed by atoms with Crippen molar-refractivity contribution in [2.45, 2.75) is 12.2 Å². The molecule has 0 bridgehead atoms. The molecule has 2 aromatic carbocycles. The minimum Gasteiger partial charge on any atom is -0.378 e. The summed E-state index contributed by atoms with van der Waals surface area (Å²) in [4.78, 5) is 6.93. The Kier molecular flexibility index (Phi) is 5.00. The number of ether oxygens (including phenoxy) is 1. The van der Waals surface area contributed by atoms with Crippen LogP contribution < -0.4 is 10.6 Å². The highest BCUT2D eigenvalue weighted by Gasteiger charge is 2.19. The van der Waals surface area contributed by atoms with E-state index in [1.807, 2.05) is 0 Å². The van der Waals surface area contributed by atoms with Gasteiger partial charge in [0.05, 0.1) is 24.2 Å². The van der Waals surface area contributed by atoms with Gasteiger partial charge in [0.25, 0.3) is 0 Å². The average molecular weight is 366 g/mol. The Labute approximate surface area is 158 Å². The number of thioether (sulfide) groups is 1. The van der Waals surface area contributed by atoms with Crippen LogP contribution in [0.2, 0.25) is 0 Å². The van der Waals surface area contributed by atoms with E-state index in [2.05, 4.69) is 71.4 Å². The third kappa shape index (κ3) is 3.79. The molecule has 0 saturated carbocycles. The van der Waals surface area contributed by atoms with Crippen LogP contribution in [0.4, 0.5) is 5.69 Å². The molecule has 2 N–H and O–H groups in total. The molecule has 4 rings (SSSR count). The van der Waals surface area contributed by atoms with Crippen molar-refractivity contribution in [2.24, 2.45) is 10.7 Å². The van der Waals surface area contributed by atoms with E-state index < -0.39 is 0 Å². The average Bonchev–Trinajstić information content (AvgIpc) is 2.69. The number of benzene rings is 2. The molecule has 26 heavy (non-hydrogen) atoms. The van der Waals surface area contributed by atoms with Gasteiger partial charge in [0, 0.05) is 24.3 Å². The molecule has 1 atom stereocenters. The van der Waals surface area contributed by atoms with Crippen molar-refractivity contribution in [3.05, 3.63) is 71.3 Å². The first-order valence-electron chi connectivity index (χ1n) is 8.91. The van der Waals surface area contributed by atoms with E-state index in [0.29, 0.717) is 5.17 Å². The van der Waals surface area contributed by atoms with Crippen LogP contribution in [0.25, 0.3) is 5.70 Å². The molecule has 1 unspecified atom stereocenters. The largest absolute Gasteiger partial charge is 0.378 e. The Balaban J connectivity index is 1.57. The molecule has 0 radical (unpaired) electrons. The number of rotatable bonds is 3. The third-order valence-electron chi connectivity index (χ3n) is 4.73. The van der Waals surface area contributed by atoms with Crippen LogP contribution in [-0.2, 0) is 4.74 Å². The summed E-state index contributed by atoms with van der Waals surface area (Å²) < 4.78 is 5.43. The zero-order valence-corrected chi connectivity index (χ0v) is 15.7. The van der Waals surface area contributed by atoms with Gasteiger partial charge >= 0.3 is 0 Å². The summed E-state index contributed by atoms with van der Waals surface area (Å²) in [6.07, 6.45) is 2.20. The molecule has 134 valence electrons. The molecule has 0 aromatic heterocycles. The normalized spacial score (nSPS) is 20.5. The minimum atomic E-state index is 0.196. The van der Waals surface area contributed by atoms with E-state index in [1.54, 1.807) is 11.8 Å². The van der Waals surface area contributed by atoms with E-state index in [-0.39, 0.29) is 5.25 Å². The van der Waals surface area contributed by atoms with Crippen LogP contribution in [0.1, 0.15) is 21.9 Å². The van der Waals surface area contributed by atoms with Crippen LogP contribution in [-0.4, -0.2) is 31.5 Å². The second-order valence-electron chi connectivity index (χ2n) is 6.60. The molecule has 2 aliphatic rings. The van der Waals surface area contributed by atoms with Crippen LogP contribution >= 0.6 is 11.8 Å². The van der Waals surface area contributed by atoms with Crippen molar-refractivity contribution in [3.63, 3.8) is 0 Å². The Morgan fingerprint density at radius 2 is 1.73 bits per heavy atom. The van der Waals surface area contributed by atoms with Crippen LogP contribution in [0, 0.1) is 6.92 Å². The third-order valence-corrected chi connectivity index (χ3v) is 5.73. The SMILES string of the molecule is Cc1ccc(C2C=C(c3ccc(N4CCOCC4)cc3)N=C(N)S2)cc1. The summed E-state index contributed by atoms with van der Waals surface area (Å²) in [7, 11) is 0. The van der Waals surface area contributed by atoms with Crippen LogP contribution in [0.3, 0.4) is 0 Å². The molecule has 2 heterocycles. The molecular formula is C21H23N3OS. The lowest BCUT2D eigenvalue weighted by molar-refractivity contribution is 0.122. The summed E-state index contributed by atoms with van der Waals surface area (Å²) in [5.41, 5.74) is 11.9. The van der Waals surface area contributed by atoms with Crippen molar-refractivity contribution in [1.29, 1.82) is 0 Å². The fraction of sp³-hybridized carbons (Fsp3) is 0.286. The minimum absolute atomic E-state index is 0.196. The summed E-state index contributed by atoms with van der Waals surface area (Å²) in [5.74, 6) is 0. The van der Waals surface area contributed by atoms with Crippen molar-refractivity contribution in [1.82, 2.24) is 0 Å². The van der Waals surface area contributed by atoms with Crippen molar-refractivity contribution < 1.29 is 4.74 Å². The van der Waals surface area contributed by atoms with Crippen molar-refractivity contribution in [2.75, 3.05) is 31.2 Å². The molecule has 0 spiro atoms. The zero-order valence-electron chi connectivity index (χ0n) is 14.9. The Morgan fingerprint density at radius 3 is 2.42 bits per heavy atom. The highest BCUT2D eigenvalue weighted by Crippen LogP contribution is 2.38. The highest BCUT2D eigenvalue weighted by atomic mass is 32.2. The van der Waals surface area contributed by atoms with Gasteiger partial charge in [0.1, 0.15) is 0 Å². The molecular weight excluding hydrogens is 342 g/mol. The van der Waals surface area contributed by atoms with Gasteiger partial charge in [-0.1, -0.05) is 53.7 Å². The van der Waals surface area contributed by atoms with Crippen molar-refractivity contribution >= 4 is 28.3 Å². The molecule has 5 heteroatoms. The Bertz CT molecular complexity index is 821. The van der Waals surface area contributed by atoms with Gasteiger partial charge in [-0.25, -0.2) is 4.99 Å². The predicted molar refractivity (Wildman–Crippen MR) is 111 cm³/mol. The topological polar surface area (TPSA) is 50.8 Å². The number of morpholine rings is 1. The number of nitrogens with zero attached hydrogens (tertiary/aromatic N) is 2. The first kappa shape index (κ1) is 17.2. The Hall–Kier alpha value is -2.24. The van der Waals surface area contributed by atoms with Crippen LogP contribution in [0.15, 0.2) is 59.6 Å². The summed E-state index contributed by atoms with van der Waals surface area (Å²) in [6, 6.07) is 17.2. The van der Waals surface area contributed by atoms with E-state index in [4.69, 9.17) is 10.5 Å². The van der Waals surface area contributed by atoms with Gasteiger partial charge in [-0.15, -0.1) is 0 Å². The van der Waals surface area contributed by atoms with Gasteiger partial charge in [0.2, 0.25) is 0 Å². The number of amidine groups is 1. The predicted octanol–water partition coefficient (Wildman–Crippen LogP) is 3.98. The fourth-order valence-electron chi connectivity index (χ4n) is 3.24. The lowest BCUT2D eigenvalue weighted by Gasteiger charge is -2.29. The Morgan fingerprint density at radius 1 is 1.04 bits per heavy atom. The summed E-state index contributed by atoms with van der Waals surface area (Å²) in [6.45, 7) is 5.58. The molecule has 1 fully saturated rings. The molecule has 0 aliphatic carbocycles. The van der Waals surface area contributed by atoms with E-state index in [1.165, 1.54) is 16.8 Å². The zero-order chi connectivity index (χ0) is 17.9. The van der Waals surface area contributed by atoms with E-state index in [9.17, 15) is 0 Å². The maximum atomic E-state index is 6.12. The van der Waals surface area contributed by atoms with Crippen LogP contribution in [0.5, 0.6) is 0 Å². The molecule has 1 saturated heterocycles. The number of aliphatic imine (C=N–C) groups is 1. The summed E-state index contributed by atoms with van der Waals surface area (Å²) in [5, 5.41) is 0.812. The van der Waals surface area contributed by atoms with E-state index >= 15 is 0 Å². The molecule has 2 aromatic rings. The fourth-order valence-corrected chi connectivity index (χ4v) is 4.14. The molecule has 4 nitrogen and oxygen atoms in total. The molecule has 0 amide bonds. The maximum Gasteiger partial charge on any atom is 0.160 e. The molecule has 2 aliphatic heterocycles.